The first-order chi connectivity index (χ1) is 9.39. The normalized spacial score (nSPS) is 10.7. The molecule has 0 aliphatic heterocycles. The molecule has 0 bridgehead atoms. The minimum atomic E-state index is -0.204. The monoisotopic (exact) mass is 273 g/mol. The number of hydrogen-bond acceptors (Lipinski definition) is 2. The summed E-state index contributed by atoms with van der Waals surface area (Å²) >= 11 is 0. The summed E-state index contributed by atoms with van der Waals surface area (Å²) in [5.74, 6) is 5.83. The summed E-state index contributed by atoms with van der Waals surface area (Å²) in [6, 6.07) is 5.49. The standard InChI is InChI=1S/C17H23NO2/c1-5-17(3,4)18-16(20)15-10-9-14(13(2)12-15)8-6-7-11-19/h9-10,12,19H,5,7,11H2,1-4H3,(H,18,20). The number of aryl methyl sites for hydroxylation is 1. The van der Waals surface area contributed by atoms with Crippen molar-refractivity contribution in [3.8, 4) is 11.8 Å². The molecule has 0 aliphatic rings. The summed E-state index contributed by atoms with van der Waals surface area (Å²) < 4.78 is 0. The second kappa shape index (κ2) is 7.12. The Bertz CT molecular complexity index is 536. The third-order valence-electron chi connectivity index (χ3n) is 3.28. The first-order valence-electron chi connectivity index (χ1n) is 6.92. The zero-order valence-corrected chi connectivity index (χ0v) is 12.7. The lowest BCUT2D eigenvalue weighted by molar-refractivity contribution is 0.0911. The van der Waals surface area contributed by atoms with Crippen LogP contribution in [0.1, 0.15) is 55.1 Å². The SMILES string of the molecule is CCC(C)(C)NC(=O)c1ccc(C#CCCO)c(C)c1. The first-order valence-corrected chi connectivity index (χ1v) is 6.92. The van der Waals surface area contributed by atoms with Crippen LogP contribution in [-0.2, 0) is 0 Å². The van der Waals surface area contributed by atoms with Gasteiger partial charge in [0.25, 0.3) is 5.91 Å². The van der Waals surface area contributed by atoms with Crippen molar-refractivity contribution in [3.63, 3.8) is 0 Å². The zero-order chi connectivity index (χ0) is 15.2. The lowest BCUT2D eigenvalue weighted by Crippen LogP contribution is -2.42. The van der Waals surface area contributed by atoms with Gasteiger partial charge in [0.1, 0.15) is 0 Å². The van der Waals surface area contributed by atoms with Crippen molar-refractivity contribution >= 4 is 5.91 Å². The molecule has 1 aromatic carbocycles. The van der Waals surface area contributed by atoms with Gasteiger partial charge in [0.15, 0.2) is 0 Å². The molecule has 0 fully saturated rings. The van der Waals surface area contributed by atoms with Gasteiger partial charge in [-0.05, 0) is 51.0 Å². The van der Waals surface area contributed by atoms with E-state index in [1.807, 2.05) is 39.8 Å². The van der Waals surface area contributed by atoms with Gasteiger partial charge < -0.3 is 10.4 Å². The van der Waals surface area contributed by atoms with Crippen LogP contribution >= 0.6 is 0 Å². The zero-order valence-electron chi connectivity index (χ0n) is 12.7. The maximum Gasteiger partial charge on any atom is 0.251 e. The van der Waals surface area contributed by atoms with Crippen LogP contribution < -0.4 is 5.32 Å². The van der Waals surface area contributed by atoms with E-state index in [1.165, 1.54) is 0 Å². The molecule has 0 heterocycles. The highest BCUT2D eigenvalue weighted by molar-refractivity contribution is 5.95. The molecule has 108 valence electrons. The van der Waals surface area contributed by atoms with Crippen molar-refractivity contribution in [2.45, 2.75) is 46.1 Å². The van der Waals surface area contributed by atoms with Crippen molar-refractivity contribution in [1.29, 1.82) is 0 Å². The maximum atomic E-state index is 12.2. The number of amides is 1. The molecule has 1 aromatic rings. The Labute approximate surface area is 121 Å². The van der Waals surface area contributed by atoms with Crippen LogP contribution in [0.2, 0.25) is 0 Å². The Morgan fingerprint density at radius 2 is 2.10 bits per heavy atom. The molecule has 0 aromatic heterocycles. The fourth-order valence-corrected chi connectivity index (χ4v) is 1.63. The summed E-state index contributed by atoms with van der Waals surface area (Å²) in [6.07, 6.45) is 1.34. The minimum Gasteiger partial charge on any atom is -0.395 e. The highest BCUT2D eigenvalue weighted by Crippen LogP contribution is 2.13. The lowest BCUT2D eigenvalue weighted by atomic mass is 10.00. The van der Waals surface area contributed by atoms with E-state index in [0.717, 1.165) is 17.5 Å². The molecule has 20 heavy (non-hydrogen) atoms. The fraction of sp³-hybridized carbons (Fsp3) is 0.471. The Kier molecular flexibility index (Phi) is 5.79. The van der Waals surface area contributed by atoms with Gasteiger partial charge >= 0.3 is 0 Å². The maximum absolute atomic E-state index is 12.2. The summed E-state index contributed by atoms with van der Waals surface area (Å²) in [5, 5.41) is 11.7. The van der Waals surface area contributed by atoms with Crippen molar-refractivity contribution in [2.75, 3.05) is 6.61 Å². The molecular weight excluding hydrogens is 250 g/mol. The van der Waals surface area contributed by atoms with E-state index in [0.29, 0.717) is 12.0 Å². The first kappa shape index (κ1) is 16.3. The molecular formula is C17H23NO2. The second-order valence-corrected chi connectivity index (χ2v) is 5.50. The molecule has 0 saturated heterocycles. The van der Waals surface area contributed by atoms with Crippen LogP contribution in [0.4, 0.5) is 0 Å². The van der Waals surface area contributed by atoms with Crippen molar-refractivity contribution < 1.29 is 9.90 Å². The van der Waals surface area contributed by atoms with Crippen LogP contribution in [0.3, 0.4) is 0 Å². The van der Waals surface area contributed by atoms with E-state index < -0.39 is 0 Å². The summed E-state index contributed by atoms with van der Waals surface area (Å²) in [6.45, 7) is 8.06. The molecule has 3 nitrogen and oxygen atoms in total. The average Bonchev–Trinajstić information content (AvgIpc) is 2.40. The number of benzene rings is 1. The quantitative estimate of drug-likeness (QED) is 0.829. The van der Waals surface area contributed by atoms with Gasteiger partial charge in [0.05, 0.1) is 6.61 Å². The van der Waals surface area contributed by atoms with E-state index in [4.69, 9.17) is 5.11 Å². The van der Waals surface area contributed by atoms with E-state index in [-0.39, 0.29) is 18.1 Å². The van der Waals surface area contributed by atoms with Crippen molar-refractivity contribution in [1.82, 2.24) is 5.32 Å². The van der Waals surface area contributed by atoms with Gasteiger partial charge in [-0.3, -0.25) is 4.79 Å². The molecule has 0 radical (unpaired) electrons. The topological polar surface area (TPSA) is 49.3 Å². The molecule has 1 amide bonds. The lowest BCUT2D eigenvalue weighted by Gasteiger charge is -2.24. The van der Waals surface area contributed by atoms with Gasteiger partial charge in [-0.2, -0.15) is 0 Å². The number of carbonyl (C=O) groups excluding carboxylic acids is 1. The molecule has 3 heteroatoms. The highest BCUT2D eigenvalue weighted by Gasteiger charge is 2.18. The number of nitrogens with one attached hydrogen (secondary N) is 1. The Balaban J connectivity index is 2.88. The van der Waals surface area contributed by atoms with Crippen LogP contribution in [0.15, 0.2) is 18.2 Å². The third-order valence-corrected chi connectivity index (χ3v) is 3.28. The summed E-state index contributed by atoms with van der Waals surface area (Å²) in [5.41, 5.74) is 2.31. The minimum absolute atomic E-state index is 0.0604. The van der Waals surface area contributed by atoms with Gasteiger partial charge in [-0.1, -0.05) is 18.8 Å². The Morgan fingerprint density at radius 3 is 2.65 bits per heavy atom. The molecule has 1 rings (SSSR count). The number of aliphatic hydroxyl groups is 1. The van der Waals surface area contributed by atoms with Crippen LogP contribution in [0, 0.1) is 18.8 Å². The molecule has 0 saturated carbocycles. The van der Waals surface area contributed by atoms with Gasteiger partial charge in [-0.25, -0.2) is 0 Å². The number of rotatable bonds is 4. The van der Waals surface area contributed by atoms with Crippen LogP contribution in [0.25, 0.3) is 0 Å². The van der Waals surface area contributed by atoms with Crippen molar-refractivity contribution in [3.05, 3.63) is 34.9 Å². The predicted octanol–water partition coefficient (Wildman–Crippen LogP) is 2.65. The van der Waals surface area contributed by atoms with E-state index >= 15 is 0 Å². The third kappa shape index (κ3) is 4.71. The van der Waals surface area contributed by atoms with Gasteiger partial charge in [-0.15, -0.1) is 0 Å². The Hall–Kier alpha value is -1.79. The van der Waals surface area contributed by atoms with Crippen molar-refractivity contribution in [2.24, 2.45) is 0 Å². The van der Waals surface area contributed by atoms with E-state index in [1.54, 1.807) is 6.07 Å². The largest absolute Gasteiger partial charge is 0.395 e. The molecule has 0 unspecified atom stereocenters. The van der Waals surface area contributed by atoms with Gasteiger partial charge in [0, 0.05) is 23.1 Å². The van der Waals surface area contributed by atoms with Crippen LogP contribution in [-0.4, -0.2) is 23.2 Å². The fourth-order valence-electron chi connectivity index (χ4n) is 1.63. The molecule has 0 spiro atoms. The predicted molar refractivity (Wildman–Crippen MR) is 81.6 cm³/mol. The second-order valence-electron chi connectivity index (χ2n) is 5.50. The molecule has 0 atom stereocenters. The summed E-state index contributed by atoms with van der Waals surface area (Å²) in [4.78, 5) is 12.2. The smallest absolute Gasteiger partial charge is 0.251 e. The average molecular weight is 273 g/mol. The van der Waals surface area contributed by atoms with E-state index in [9.17, 15) is 4.79 Å². The summed E-state index contributed by atoms with van der Waals surface area (Å²) in [7, 11) is 0. The molecule has 0 aliphatic carbocycles. The molecule has 2 N–H and O–H groups in total. The Morgan fingerprint density at radius 1 is 1.40 bits per heavy atom. The number of carbonyl (C=O) groups is 1. The van der Waals surface area contributed by atoms with Crippen LogP contribution in [0.5, 0.6) is 0 Å². The number of hydrogen-bond donors (Lipinski definition) is 2. The van der Waals surface area contributed by atoms with E-state index in [2.05, 4.69) is 17.2 Å². The highest BCUT2D eigenvalue weighted by atomic mass is 16.2. The van der Waals surface area contributed by atoms with Gasteiger partial charge in [0.2, 0.25) is 0 Å². The number of aliphatic hydroxyl groups excluding tert-OH is 1.